The van der Waals surface area contributed by atoms with Gasteiger partial charge in [-0.2, -0.15) is 11.8 Å². The number of ether oxygens (including phenoxy) is 2. The van der Waals surface area contributed by atoms with E-state index in [4.69, 9.17) is 21.1 Å². The van der Waals surface area contributed by atoms with Gasteiger partial charge in [0.05, 0.1) is 13.2 Å². The second-order valence-electron chi connectivity index (χ2n) is 3.38. The molecule has 0 saturated carbocycles. The lowest BCUT2D eigenvalue weighted by molar-refractivity contribution is 0.289. The van der Waals surface area contributed by atoms with Gasteiger partial charge in [-0.15, -0.1) is 11.6 Å². The molecule has 0 atom stereocenters. The largest absolute Gasteiger partial charge is 0.490 e. The third-order valence-corrected chi connectivity index (χ3v) is 3.36. The van der Waals surface area contributed by atoms with Crippen LogP contribution >= 0.6 is 23.4 Å². The van der Waals surface area contributed by atoms with E-state index in [0.717, 1.165) is 35.3 Å². The molecule has 0 fully saturated rings. The molecule has 4 heteroatoms. The number of alkyl halides is 1. The molecular formula is C13H19ClO2S. The first kappa shape index (κ1) is 14.5. The minimum Gasteiger partial charge on any atom is -0.490 e. The number of halogens is 1. The van der Waals surface area contributed by atoms with E-state index in [-0.39, 0.29) is 0 Å². The minimum absolute atomic E-state index is 0.658. The summed E-state index contributed by atoms with van der Waals surface area (Å²) in [5.41, 5.74) is 0. The van der Waals surface area contributed by atoms with Gasteiger partial charge in [-0.3, -0.25) is 0 Å². The second kappa shape index (κ2) is 9.49. The molecule has 0 N–H and O–H groups in total. The summed E-state index contributed by atoms with van der Waals surface area (Å²) in [4.78, 5) is 0. The van der Waals surface area contributed by atoms with Gasteiger partial charge in [0.15, 0.2) is 11.5 Å². The third kappa shape index (κ3) is 6.08. The topological polar surface area (TPSA) is 18.5 Å². The van der Waals surface area contributed by atoms with E-state index >= 15 is 0 Å². The summed E-state index contributed by atoms with van der Waals surface area (Å²) in [6.45, 7) is 3.33. The van der Waals surface area contributed by atoms with Crippen molar-refractivity contribution in [3.8, 4) is 11.5 Å². The second-order valence-corrected chi connectivity index (χ2v) is 4.99. The van der Waals surface area contributed by atoms with Crippen molar-refractivity contribution in [3.05, 3.63) is 24.3 Å². The molecule has 0 radical (unpaired) electrons. The van der Waals surface area contributed by atoms with Crippen LogP contribution < -0.4 is 9.47 Å². The lowest BCUT2D eigenvalue weighted by atomic mass is 10.3. The Morgan fingerprint density at radius 3 is 2.47 bits per heavy atom. The van der Waals surface area contributed by atoms with E-state index in [1.165, 1.54) is 0 Å². The molecule has 0 saturated heterocycles. The van der Waals surface area contributed by atoms with Crippen LogP contribution in [0, 0.1) is 0 Å². The number of para-hydroxylation sites is 2. The van der Waals surface area contributed by atoms with Gasteiger partial charge in [0.1, 0.15) is 0 Å². The number of rotatable bonds is 9. The normalized spacial score (nSPS) is 10.2. The van der Waals surface area contributed by atoms with Crippen molar-refractivity contribution in [2.75, 3.05) is 30.6 Å². The van der Waals surface area contributed by atoms with E-state index in [1.54, 1.807) is 0 Å². The highest BCUT2D eigenvalue weighted by molar-refractivity contribution is 7.99. The van der Waals surface area contributed by atoms with Crippen molar-refractivity contribution < 1.29 is 9.47 Å². The zero-order valence-electron chi connectivity index (χ0n) is 10.2. The van der Waals surface area contributed by atoms with Crippen LogP contribution in [0.3, 0.4) is 0 Å². The molecule has 0 aliphatic heterocycles. The Labute approximate surface area is 113 Å². The van der Waals surface area contributed by atoms with Crippen molar-refractivity contribution in [1.82, 2.24) is 0 Å². The molecule has 1 rings (SSSR count). The summed E-state index contributed by atoms with van der Waals surface area (Å²) in [6.07, 6.45) is 1.06. The highest BCUT2D eigenvalue weighted by Crippen LogP contribution is 2.26. The quantitative estimate of drug-likeness (QED) is 0.504. The maximum atomic E-state index is 5.69. The number of benzene rings is 1. The summed E-state index contributed by atoms with van der Waals surface area (Å²) in [7, 11) is 0. The van der Waals surface area contributed by atoms with E-state index in [9.17, 15) is 0 Å². The summed E-state index contributed by atoms with van der Waals surface area (Å²) in [5, 5.41) is 0. The highest BCUT2D eigenvalue weighted by Gasteiger charge is 2.02. The van der Waals surface area contributed by atoms with Gasteiger partial charge in [0.25, 0.3) is 0 Å². The molecule has 2 nitrogen and oxygen atoms in total. The van der Waals surface area contributed by atoms with Gasteiger partial charge in [0, 0.05) is 11.6 Å². The molecule has 0 bridgehead atoms. The fraction of sp³-hybridized carbons (Fsp3) is 0.538. The highest BCUT2D eigenvalue weighted by atomic mass is 35.5. The fourth-order valence-electron chi connectivity index (χ4n) is 1.31. The lowest BCUT2D eigenvalue weighted by Gasteiger charge is -2.11. The molecule has 0 heterocycles. The van der Waals surface area contributed by atoms with Crippen LogP contribution in [-0.2, 0) is 0 Å². The van der Waals surface area contributed by atoms with Gasteiger partial charge in [-0.05, 0) is 31.2 Å². The van der Waals surface area contributed by atoms with E-state index < -0.39 is 0 Å². The van der Waals surface area contributed by atoms with Crippen LogP contribution in [0.15, 0.2) is 24.3 Å². The van der Waals surface area contributed by atoms with Gasteiger partial charge in [0.2, 0.25) is 0 Å². The smallest absolute Gasteiger partial charge is 0.161 e. The average Bonchev–Trinajstić information content (AvgIpc) is 2.36. The first-order valence-corrected chi connectivity index (χ1v) is 7.55. The Kier molecular flexibility index (Phi) is 8.10. The molecule has 0 aliphatic rings. The van der Waals surface area contributed by atoms with Crippen LogP contribution in [0.25, 0.3) is 0 Å². The molecule has 0 aromatic heterocycles. The lowest BCUT2D eigenvalue weighted by Crippen LogP contribution is -2.03. The SMILES string of the molecule is CCOc1ccccc1OCCSCCCCl. The molecular weight excluding hydrogens is 256 g/mol. The van der Waals surface area contributed by atoms with Gasteiger partial charge in [-0.25, -0.2) is 0 Å². The summed E-state index contributed by atoms with van der Waals surface area (Å²) in [6, 6.07) is 7.78. The van der Waals surface area contributed by atoms with Crippen LogP contribution in [-0.4, -0.2) is 30.6 Å². The zero-order chi connectivity index (χ0) is 12.3. The van der Waals surface area contributed by atoms with Crippen molar-refractivity contribution in [2.45, 2.75) is 13.3 Å². The predicted molar refractivity (Wildman–Crippen MR) is 75.8 cm³/mol. The van der Waals surface area contributed by atoms with Crippen LogP contribution in [0.4, 0.5) is 0 Å². The fourth-order valence-corrected chi connectivity index (χ4v) is 2.36. The number of hydrogen-bond donors (Lipinski definition) is 0. The molecule has 0 aliphatic carbocycles. The first-order chi connectivity index (χ1) is 8.38. The molecule has 0 spiro atoms. The average molecular weight is 275 g/mol. The summed E-state index contributed by atoms with van der Waals surface area (Å²) >= 11 is 7.47. The standard InChI is InChI=1S/C13H19ClO2S/c1-2-15-12-6-3-4-7-13(12)16-9-11-17-10-5-8-14/h3-4,6-7H,2,5,8-11H2,1H3. The van der Waals surface area contributed by atoms with Gasteiger partial charge in [-0.1, -0.05) is 12.1 Å². The zero-order valence-corrected chi connectivity index (χ0v) is 11.7. The molecule has 0 amide bonds. The van der Waals surface area contributed by atoms with E-state index in [2.05, 4.69) is 0 Å². The van der Waals surface area contributed by atoms with E-state index in [1.807, 2.05) is 43.0 Å². The predicted octanol–water partition coefficient (Wildman–Crippen LogP) is 3.83. The Balaban J connectivity index is 2.25. The van der Waals surface area contributed by atoms with Crippen molar-refractivity contribution in [2.24, 2.45) is 0 Å². The van der Waals surface area contributed by atoms with Gasteiger partial charge >= 0.3 is 0 Å². The monoisotopic (exact) mass is 274 g/mol. The van der Waals surface area contributed by atoms with Crippen LogP contribution in [0.5, 0.6) is 11.5 Å². The van der Waals surface area contributed by atoms with Crippen molar-refractivity contribution in [1.29, 1.82) is 0 Å². The van der Waals surface area contributed by atoms with Crippen LogP contribution in [0.1, 0.15) is 13.3 Å². The van der Waals surface area contributed by atoms with E-state index in [0.29, 0.717) is 13.2 Å². The Morgan fingerprint density at radius 1 is 1.12 bits per heavy atom. The Morgan fingerprint density at radius 2 is 1.82 bits per heavy atom. The van der Waals surface area contributed by atoms with Crippen LogP contribution in [0.2, 0.25) is 0 Å². The first-order valence-electron chi connectivity index (χ1n) is 5.86. The molecule has 17 heavy (non-hydrogen) atoms. The van der Waals surface area contributed by atoms with Crippen molar-refractivity contribution in [3.63, 3.8) is 0 Å². The minimum atomic E-state index is 0.658. The summed E-state index contributed by atoms with van der Waals surface area (Å²) < 4.78 is 11.2. The molecule has 1 aromatic rings. The maximum Gasteiger partial charge on any atom is 0.161 e. The Hall–Kier alpha value is -0.540. The maximum absolute atomic E-state index is 5.69. The van der Waals surface area contributed by atoms with Gasteiger partial charge < -0.3 is 9.47 Å². The Bertz CT molecular complexity index is 307. The molecule has 1 aromatic carbocycles. The molecule has 96 valence electrons. The third-order valence-electron chi connectivity index (χ3n) is 2.06. The number of hydrogen-bond acceptors (Lipinski definition) is 3. The molecule has 0 unspecified atom stereocenters. The number of thioether (sulfide) groups is 1. The van der Waals surface area contributed by atoms with Crippen molar-refractivity contribution >= 4 is 23.4 Å². The summed E-state index contributed by atoms with van der Waals surface area (Å²) in [5.74, 6) is 4.46.